The lowest BCUT2D eigenvalue weighted by Gasteiger charge is -2.28. The van der Waals surface area contributed by atoms with E-state index in [1.165, 1.54) is 6.07 Å². The number of methoxy groups -OCH3 is 1. The number of likely N-dealkylation sites (tertiary alicyclic amines) is 1. The summed E-state index contributed by atoms with van der Waals surface area (Å²) >= 11 is 0. The van der Waals surface area contributed by atoms with Crippen LogP contribution >= 0.6 is 0 Å². The SMILES string of the molecule is CCCCN1C(=O)CC(C(=O)Nc2ccc(Cn3ccccc3=O)cc2)C1c1ccc(OC)cc1. The molecule has 0 spiro atoms. The van der Waals surface area contributed by atoms with Crippen LogP contribution in [-0.2, 0) is 16.1 Å². The van der Waals surface area contributed by atoms with Gasteiger partial charge >= 0.3 is 0 Å². The molecule has 2 atom stereocenters. The molecule has 0 saturated carbocycles. The summed E-state index contributed by atoms with van der Waals surface area (Å²) in [5.74, 6) is 0.0700. The van der Waals surface area contributed by atoms with Crippen molar-refractivity contribution in [1.29, 1.82) is 0 Å². The number of hydrogen-bond donors (Lipinski definition) is 1. The molecule has 0 radical (unpaired) electrons. The number of nitrogens with zero attached hydrogens (tertiary/aromatic N) is 2. The molecule has 2 unspecified atom stereocenters. The van der Waals surface area contributed by atoms with Gasteiger partial charge in [-0.2, -0.15) is 0 Å². The summed E-state index contributed by atoms with van der Waals surface area (Å²) in [6.07, 6.45) is 3.79. The summed E-state index contributed by atoms with van der Waals surface area (Å²) in [5.41, 5.74) is 2.48. The average molecular weight is 474 g/mol. The largest absolute Gasteiger partial charge is 0.497 e. The number of pyridine rings is 1. The maximum Gasteiger partial charge on any atom is 0.250 e. The first-order valence-electron chi connectivity index (χ1n) is 12.0. The first-order valence-corrected chi connectivity index (χ1v) is 12.0. The van der Waals surface area contributed by atoms with Crippen molar-refractivity contribution >= 4 is 17.5 Å². The van der Waals surface area contributed by atoms with Gasteiger partial charge in [-0.3, -0.25) is 14.4 Å². The third kappa shape index (κ3) is 5.62. The highest BCUT2D eigenvalue weighted by Gasteiger charge is 2.44. The monoisotopic (exact) mass is 473 g/mol. The summed E-state index contributed by atoms with van der Waals surface area (Å²) in [4.78, 5) is 40.0. The zero-order chi connectivity index (χ0) is 24.8. The van der Waals surface area contributed by atoms with Crippen LogP contribution in [-0.4, -0.2) is 34.9 Å². The second-order valence-electron chi connectivity index (χ2n) is 8.82. The van der Waals surface area contributed by atoms with E-state index in [1.54, 1.807) is 23.9 Å². The second-order valence-corrected chi connectivity index (χ2v) is 8.82. The van der Waals surface area contributed by atoms with Gasteiger partial charge in [0.1, 0.15) is 5.75 Å². The molecule has 1 aliphatic rings. The highest BCUT2D eigenvalue weighted by Crippen LogP contribution is 2.39. The molecule has 2 amide bonds. The van der Waals surface area contributed by atoms with Crippen LogP contribution in [0.15, 0.2) is 77.7 Å². The molecule has 1 saturated heterocycles. The van der Waals surface area contributed by atoms with Crippen molar-refractivity contribution in [3.63, 3.8) is 0 Å². The van der Waals surface area contributed by atoms with Crippen LogP contribution in [0.25, 0.3) is 0 Å². The number of rotatable bonds is 9. The molecule has 3 aromatic rings. The number of unbranched alkanes of at least 4 members (excludes halogenated alkanes) is 1. The molecule has 4 rings (SSSR count). The fraction of sp³-hybridized carbons (Fsp3) is 0.321. The maximum absolute atomic E-state index is 13.3. The number of benzene rings is 2. The first-order chi connectivity index (χ1) is 17.0. The van der Waals surface area contributed by atoms with E-state index in [9.17, 15) is 14.4 Å². The van der Waals surface area contributed by atoms with Crippen molar-refractivity contribution in [1.82, 2.24) is 9.47 Å². The molecule has 2 heterocycles. The van der Waals surface area contributed by atoms with Crippen molar-refractivity contribution in [2.45, 2.75) is 38.8 Å². The number of ether oxygens (including phenoxy) is 1. The van der Waals surface area contributed by atoms with Crippen LogP contribution in [0.2, 0.25) is 0 Å². The Morgan fingerprint density at radius 2 is 1.77 bits per heavy atom. The number of amides is 2. The Morgan fingerprint density at radius 3 is 2.43 bits per heavy atom. The zero-order valence-electron chi connectivity index (χ0n) is 20.1. The molecule has 7 nitrogen and oxygen atoms in total. The number of carbonyl (C=O) groups is 2. The average Bonchev–Trinajstić information content (AvgIpc) is 3.21. The van der Waals surface area contributed by atoms with E-state index >= 15 is 0 Å². The van der Waals surface area contributed by atoms with Crippen molar-refractivity contribution in [2.75, 3.05) is 19.0 Å². The van der Waals surface area contributed by atoms with Gasteiger partial charge in [0.25, 0.3) is 5.56 Å². The highest BCUT2D eigenvalue weighted by molar-refractivity contribution is 5.98. The second kappa shape index (κ2) is 11.0. The third-order valence-corrected chi connectivity index (χ3v) is 6.45. The number of nitrogens with one attached hydrogen (secondary N) is 1. The molecular weight excluding hydrogens is 442 g/mol. The van der Waals surface area contributed by atoms with Crippen LogP contribution in [0.5, 0.6) is 5.75 Å². The van der Waals surface area contributed by atoms with Crippen LogP contribution in [0, 0.1) is 5.92 Å². The predicted octanol–water partition coefficient (Wildman–Crippen LogP) is 4.23. The van der Waals surface area contributed by atoms with E-state index in [1.807, 2.05) is 59.5 Å². The summed E-state index contributed by atoms with van der Waals surface area (Å²) in [6, 6.07) is 19.8. The lowest BCUT2D eigenvalue weighted by molar-refractivity contribution is -0.129. The Hall–Kier alpha value is -3.87. The molecule has 7 heteroatoms. The molecule has 0 aliphatic carbocycles. The number of hydrogen-bond acceptors (Lipinski definition) is 4. The molecule has 1 aliphatic heterocycles. The Bertz CT molecular complexity index is 1220. The van der Waals surface area contributed by atoms with Gasteiger partial charge in [-0.1, -0.05) is 43.7 Å². The van der Waals surface area contributed by atoms with E-state index in [0.717, 1.165) is 29.7 Å². The van der Waals surface area contributed by atoms with E-state index in [-0.39, 0.29) is 29.8 Å². The minimum atomic E-state index is -0.490. The summed E-state index contributed by atoms with van der Waals surface area (Å²) in [5, 5.41) is 2.99. The predicted molar refractivity (Wildman–Crippen MR) is 135 cm³/mol. The molecule has 1 aromatic heterocycles. The molecule has 2 aromatic carbocycles. The lowest BCUT2D eigenvalue weighted by Crippen LogP contribution is -2.33. The van der Waals surface area contributed by atoms with Crippen molar-refractivity contribution in [3.05, 3.63) is 94.4 Å². The van der Waals surface area contributed by atoms with Gasteiger partial charge in [0.15, 0.2) is 0 Å². The van der Waals surface area contributed by atoms with E-state index in [0.29, 0.717) is 18.8 Å². The Balaban J connectivity index is 1.50. The zero-order valence-corrected chi connectivity index (χ0v) is 20.1. The third-order valence-electron chi connectivity index (χ3n) is 6.45. The molecule has 0 bridgehead atoms. The van der Waals surface area contributed by atoms with Gasteiger partial charge in [-0.15, -0.1) is 0 Å². The minimum absolute atomic E-state index is 0.00284. The smallest absolute Gasteiger partial charge is 0.250 e. The number of anilines is 1. The van der Waals surface area contributed by atoms with E-state index < -0.39 is 5.92 Å². The normalized spacial score (nSPS) is 17.4. The van der Waals surface area contributed by atoms with Gasteiger partial charge in [0.05, 0.1) is 25.6 Å². The number of carbonyl (C=O) groups excluding carboxylic acids is 2. The van der Waals surface area contributed by atoms with Crippen LogP contribution in [0.3, 0.4) is 0 Å². The van der Waals surface area contributed by atoms with Gasteiger partial charge in [0, 0.05) is 30.9 Å². The topological polar surface area (TPSA) is 80.6 Å². The van der Waals surface area contributed by atoms with Gasteiger partial charge < -0.3 is 19.5 Å². The standard InChI is InChI=1S/C28H31N3O4/c1-3-4-17-31-26(33)18-24(27(31)21-10-14-23(35-2)15-11-21)28(34)29-22-12-8-20(9-13-22)19-30-16-6-5-7-25(30)32/h5-16,24,27H,3-4,17-19H2,1-2H3,(H,29,34). The van der Waals surface area contributed by atoms with E-state index in [2.05, 4.69) is 12.2 Å². The Labute approximate surface area is 205 Å². The summed E-state index contributed by atoms with van der Waals surface area (Å²) in [7, 11) is 1.61. The molecule has 1 fully saturated rings. The van der Waals surface area contributed by atoms with E-state index in [4.69, 9.17) is 4.74 Å². The van der Waals surface area contributed by atoms with Gasteiger partial charge in [-0.05, 0) is 47.9 Å². The summed E-state index contributed by atoms with van der Waals surface area (Å²) < 4.78 is 6.90. The Morgan fingerprint density at radius 1 is 1.03 bits per heavy atom. The molecule has 35 heavy (non-hydrogen) atoms. The highest BCUT2D eigenvalue weighted by atomic mass is 16.5. The quantitative estimate of drug-likeness (QED) is 0.504. The van der Waals surface area contributed by atoms with Crippen molar-refractivity contribution in [2.24, 2.45) is 5.92 Å². The van der Waals surface area contributed by atoms with Gasteiger partial charge in [0.2, 0.25) is 11.8 Å². The Kier molecular flexibility index (Phi) is 7.65. The fourth-order valence-electron chi connectivity index (χ4n) is 4.55. The van der Waals surface area contributed by atoms with Crippen LogP contribution in [0.1, 0.15) is 43.4 Å². The van der Waals surface area contributed by atoms with Crippen molar-refractivity contribution in [3.8, 4) is 5.75 Å². The molecule has 1 N–H and O–H groups in total. The van der Waals surface area contributed by atoms with Gasteiger partial charge in [-0.25, -0.2) is 0 Å². The van der Waals surface area contributed by atoms with Crippen molar-refractivity contribution < 1.29 is 14.3 Å². The van der Waals surface area contributed by atoms with Crippen LogP contribution < -0.4 is 15.6 Å². The fourth-order valence-corrected chi connectivity index (χ4v) is 4.55. The van der Waals surface area contributed by atoms with Crippen LogP contribution in [0.4, 0.5) is 5.69 Å². The lowest BCUT2D eigenvalue weighted by atomic mass is 9.92. The first kappa shape index (κ1) is 24.3. The minimum Gasteiger partial charge on any atom is -0.497 e. The number of aromatic nitrogens is 1. The summed E-state index contributed by atoms with van der Waals surface area (Å²) in [6.45, 7) is 3.17. The molecule has 182 valence electrons. The maximum atomic E-state index is 13.3. The molecular formula is C28H31N3O4.